The third kappa shape index (κ3) is 11.4. The lowest BCUT2D eigenvalue weighted by atomic mass is 9.94. The molecule has 1 atom stereocenters. The zero-order valence-electron chi connectivity index (χ0n) is 18.2. The van der Waals surface area contributed by atoms with Gasteiger partial charge in [0.25, 0.3) is 0 Å². The first-order valence-electron chi connectivity index (χ1n) is 11.6. The van der Waals surface area contributed by atoms with E-state index in [4.69, 9.17) is 5.11 Å². The van der Waals surface area contributed by atoms with E-state index >= 15 is 0 Å². The highest BCUT2D eigenvalue weighted by molar-refractivity contribution is 5.90. The number of benzene rings is 1. The third-order valence-corrected chi connectivity index (χ3v) is 5.68. The van der Waals surface area contributed by atoms with Crippen LogP contribution in [0.3, 0.4) is 0 Å². The maximum Gasteiger partial charge on any atom is 0.339 e. The third-order valence-electron chi connectivity index (χ3n) is 5.68. The molecule has 0 radical (unpaired) electrons. The van der Waals surface area contributed by atoms with Crippen LogP contribution >= 0.6 is 0 Å². The maximum atomic E-state index is 11.1. The molecule has 0 saturated carbocycles. The summed E-state index contributed by atoms with van der Waals surface area (Å²) in [6, 6.07) is 4.94. The van der Waals surface area contributed by atoms with E-state index in [0.29, 0.717) is 5.92 Å². The van der Waals surface area contributed by atoms with E-state index in [1.807, 2.05) is 6.07 Å². The van der Waals surface area contributed by atoms with Gasteiger partial charge in [-0.3, -0.25) is 0 Å². The predicted molar refractivity (Wildman–Crippen MR) is 118 cm³/mol. The highest BCUT2D eigenvalue weighted by Gasteiger charge is 2.11. The molecule has 0 fully saturated rings. The summed E-state index contributed by atoms with van der Waals surface area (Å²) in [6.45, 7) is 4.50. The summed E-state index contributed by atoms with van der Waals surface area (Å²) in [4.78, 5) is 11.1. The Morgan fingerprint density at radius 1 is 0.857 bits per heavy atom. The van der Waals surface area contributed by atoms with Gasteiger partial charge in [-0.1, -0.05) is 110 Å². The van der Waals surface area contributed by atoms with Crippen LogP contribution in [0, 0.1) is 5.92 Å². The number of carboxylic acids is 1. The number of aromatic hydroxyl groups is 1. The van der Waals surface area contributed by atoms with Gasteiger partial charge in [-0.15, -0.1) is 0 Å². The van der Waals surface area contributed by atoms with Crippen molar-refractivity contribution in [3.8, 4) is 5.75 Å². The number of aromatic carboxylic acids is 1. The Morgan fingerprint density at radius 2 is 1.36 bits per heavy atom. The van der Waals surface area contributed by atoms with Crippen LogP contribution in [0.4, 0.5) is 0 Å². The molecule has 3 nitrogen and oxygen atoms in total. The number of rotatable bonds is 17. The molecule has 0 aromatic heterocycles. The van der Waals surface area contributed by atoms with Gasteiger partial charge in [0.15, 0.2) is 0 Å². The molecule has 0 saturated heterocycles. The van der Waals surface area contributed by atoms with Gasteiger partial charge in [0.05, 0.1) is 0 Å². The smallest absolute Gasteiger partial charge is 0.339 e. The number of hydrogen-bond acceptors (Lipinski definition) is 2. The number of carbonyl (C=O) groups is 1. The topological polar surface area (TPSA) is 57.5 Å². The van der Waals surface area contributed by atoms with Gasteiger partial charge >= 0.3 is 5.97 Å². The molecule has 0 spiro atoms. The van der Waals surface area contributed by atoms with Gasteiger partial charge in [0.1, 0.15) is 11.3 Å². The molecule has 0 aliphatic rings. The quantitative estimate of drug-likeness (QED) is 0.267. The molecular formula is C25H42O3. The molecule has 0 heterocycles. The fourth-order valence-electron chi connectivity index (χ4n) is 3.90. The Morgan fingerprint density at radius 3 is 1.86 bits per heavy atom. The number of carboxylic acid groups (broad SMARTS) is 1. The Hall–Kier alpha value is -1.51. The van der Waals surface area contributed by atoms with Gasteiger partial charge < -0.3 is 10.2 Å². The predicted octanol–water partition coefficient (Wildman–Crippen LogP) is 7.75. The normalized spacial score (nSPS) is 12.2. The van der Waals surface area contributed by atoms with Crippen LogP contribution in [0.1, 0.15) is 120 Å². The molecule has 2 N–H and O–H groups in total. The summed E-state index contributed by atoms with van der Waals surface area (Å²) in [6.07, 6.45) is 19.9. The Labute approximate surface area is 172 Å². The second kappa shape index (κ2) is 15.4. The molecule has 0 aliphatic carbocycles. The number of unbranched alkanes of at least 4 members (excludes halogenated alkanes) is 12. The second-order valence-electron chi connectivity index (χ2n) is 8.50. The summed E-state index contributed by atoms with van der Waals surface area (Å²) in [5.41, 5.74) is 1.00. The van der Waals surface area contributed by atoms with Crippen molar-refractivity contribution in [2.75, 3.05) is 0 Å². The first-order chi connectivity index (χ1) is 13.5. The van der Waals surface area contributed by atoms with Crippen molar-refractivity contribution in [1.82, 2.24) is 0 Å². The average molecular weight is 391 g/mol. The molecule has 1 rings (SSSR count). The molecule has 1 unspecified atom stereocenters. The van der Waals surface area contributed by atoms with E-state index < -0.39 is 5.97 Å². The van der Waals surface area contributed by atoms with Crippen LogP contribution < -0.4 is 0 Å². The maximum absolute atomic E-state index is 11.1. The second-order valence-corrected chi connectivity index (χ2v) is 8.50. The fraction of sp³-hybridized carbons (Fsp3) is 0.720. The van der Waals surface area contributed by atoms with Crippen molar-refractivity contribution in [2.24, 2.45) is 5.92 Å². The van der Waals surface area contributed by atoms with Gasteiger partial charge in [-0.05, 0) is 30.0 Å². The van der Waals surface area contributed by atoms with Crippen LogP contribution in [0.25, 0.3) is 0 Å². The van der Waals surface area contributed by atoms with Crippen molar-refractivity contribution >= 4 is 5.97 Å². The number of hydrogen-bond donors (Lipinski definition) is 2. The van der Waals surface area contributed by atoms with E-state index in [0.717, 1.165) is 12.0 Å². The van der Waals surface area contributed by atoms with E-state index in [9.17, 15) is 9.90 Å². The fourth-order valence-corrected chi connectivity index (χ4v) is 3.90. The van der Waals surface area contributed by atoms with Crippen molar-refractivity contribution in [3.63, 3.8) is 0 Å². The van der Waals surface area contributed by atoms with Crippen LogP contribution in [-0.4, -0.2) is 16.2 Å². The molecule has 1 aromatic rings. The minimum Gasteiger partial charge on any atom is -0.507 e. The van der Waals surface area contributed by atoms with E-state index in [1.54, 1.807) is 6.07 Å². The average Bonchev–Trinajstić information content (AvgIpc) is 2.66. The number of phenols is 1. The van der Waals surface area contributed by atoms with E-state index in [-0.39, 0.29) is 11.3 Å². The monoisotopic (exact) mass is 390 g/mol. The molecule has 28 heavy (non-hydrogen) atoms. The summed E-state index contributed by atoms with van der Waals surface area (Å²) in [5.74, 6) is -0.678. The van der Waals surface area contributed by atoms with Crippen LogP contribution in [-0.2, 0) is 6.42 Å². The van der Waals surface area contributed by atoms with Gasteiger partial charge in [0.2, 0.25) is 0 Å². The zero-order valence-corrected chi connectivity index (χ0v) is 18.2. The molecule has 160 valence electrons. The Balaban J connectivity index is 2.00. The summed E-state index contributed by atoms with van der Waals surface area (Å²) in [5, 5.41) is 18.7. The first-order valence-corrected chi connectivity index (χ1v) is 11.6. The summed E-state index contributed by atoms with van der Waals surface area (Å²) < 4.78 is 0. The van der Waals surface area contributed by atoms with E-state index in [2.05, 4.69) is 13.8 Å². The van der Waals surface area contributed by atoms with Crippen LogP contribution in [0.15, 0.2) is 18.2 Å². The van der Waals surface area contributed by atoms with Gasteiger partial charge in [0, 0.05) is 0 Å². The van der Waals surface area contributed by atoms with Crippen molar-refractivity contribution < 1.29 is 15.0 Å². The molecular weight excluding hydrogens is 348 g/mol. The van der Waals surface area contributed by atoms with Crippen molar-refractivity contribution in [2.45, 2.75) is 110 Å². The zero-order chi connectivity index (χ0) is 20.6. The molecule has 1 aromatic carbocycles. The minimum atomic E-state index is -1.07. The molecule has 3 heteroatoms. The highest BCUT2D eigenvalue weighted by atomic mass is 16.4. The lowest BCUT2D eigenvalue weighted by molar-refractivity contribution is 0.0693. The molecule has 0 amide bonds. The lowest BCUT2D eigenvalue weighted by Gasteiger charge is -2.12. The Kier molecular flexibility index (Phi) is 13.5. The van der Waals surface area contributed by atoms with Crippen LogP contribution in [0.5, 0.6) is 5.75 Å². The Bertz CT molecular complexity index is 539. The minimum absolute atomic E-state index is 0.00524. The first kappa shape index (κ1) is 24.5. The summed E-state index contributed by atoms with van der Waals surface area (Å²) in [7, 11) is 0. The van der Waals surface area contributed by atoms with Crippen molar-refractivity contribution in [1.29, 1.82) is 0 Å². The molecule has 0 bridgehead atoms. The molecule has 0 aliphatic heterocycles. The largest absolute Gasteiger partial charge is 0.507 e. The van der Waals surface area contributed by atoms with Gasteiger partial charge in [-0.25, -0.2) is 4.79 Å². The van der Waals surface area contributed by atoms with Crippen molar-refractivity contribution in [3.05, 3.63) is 29.3 Å². The van der Waals surface area contributed by atoms with E-state index in [1.165, 1.54) is 96.0 Å². The lowest BCUT2D eigenvalue weighted by Crippen LogP contribution is -2.03. The summed E-state index contributed by atoms with van der Waals surface area (Å²) >= 11 is 0. The van der Waals surface area contributed by atoms with Crippen LogP contribution in [0.2, 0.25) is 0 Å². The highest BCUT2D eigenvalue weighted by Crippen LogP contribution is 2.22. The standard InChI is InChI=1S/C25H42O3/c1-3-4-5-6-7-8-9-10-11-12-13-14-15-16-21(2)19-22-17-18-24(26)23(20-22)25(27)28/h17-18,20-21,26H,3-16,19H2,1-2H3,(H,27,28). The van der Waals surface area contributed by atoms with Gasteiger partial charge in [-0.2, -0.15) is 0 Å². The SMILES string of the molecule is CCCCCCCCCCCCCCCC(C)Cc1ccc(O)c(C(=O)O)c1.